The number of aromatic nitrogens is 3. The van der Waals surface area contributed by atoms with Gasteiger partial charge in [-0.1, -0.05) is 11.8 Å². The van der Waals surface area contributed by atoms with Crippen LogP contribution in [-0.2, 0) is 20.8 Å². The maximum Gasteiger partial charge on any atom is 0.233 e. The number of furan rings is 1. The zero-order valence-corrected chi connectivity index (χ0v) is 17.6. The zero-order chi connectivity index (χ0) is 20.2. The molecule has 29 heavy (non-hydrogen) atoms. The van der Waals surface area contributed by atoms with E-state index >= 15 is 0 Å². The van der Waals surface area contributed by atoms with Crippen LogP contribution in [0, 0.1) is 0 Å². The third kappa shape index (κ3) is 4.93. The summed E-state index contributed by atoms with van der Waals surface area (Å²) in [5.41, 5.74) is 0. The lowest BCUT2D eigenvalue weighted by Crippen LogP contribution is -2.48. The normalized spacial score (nSPS) is 22.8. The van der Waals surface area contributed by atoms with Crippen molar-refractivity contribution in [3.63, 3.8) is 0 Å². The SMILES string of the molecule is CC1CN(C(=O)CSc2nnc(N3CCOCC3)n2Cc2ccco2)CC(C)O1. The van der Waals surface area contributed by atoms with Crippen molar-refractivity contribution in [3.05, 3.63) is 24.2 Å². The Hall–Kier alpha value is -2.04. The zero-order valence-electron chi connectivity index (χ0n) is 16.8. The van der Waals surface area contributed by atoms with E-state index in [0.717, 1.165) is 24.8 Å². The molecule has 1 amide bonds. The molecule has 2 aliphatic heterocycles. The maximum absolute atomic E-state index is 12.7. The third-order valence-electron chi connectivity index (χ3n) is 4.98. The lowest BCUT2D eigenvalue weighted by molar-refractivity contribution is -0.140. The lowest BCUT2D eigenvalue weighted by atomic mass is 10.2. The molecule has 2 saturated heterocycles. The number of morpholine rings is 2. The molecular weight excluding hydrogens is 394 g/mol. The highest BCUT2D eigenvalue weighted by Gasteiger charge is 2.27. The molecule has 10 heteroatoms. The quantitative estimate of drug-likeness (QED) is 0.649. The van der Waals surface area contributed by atoms with Gasteiger partial charge in [-0.3, -0.25) is 9.36 Å². The minimum Gasteiger partial charge on any atom is -0.467 e. The van der Waals surface area contributed by atoms with Crippen LogP contribution < -0.4 is 4.90 Å². The molecule has 0 N–H and O–H groups in total. The number of thioether (sulfide) groups is 1. The van der Waals surface area contributed by atoms with Gasteiger partial charge in [0.2, 0.25) is 11.9 Å². The first kappa shape index (κ1) is 20.2. The molecule has 2 aromatic rings. The lowest BCUT2D eigenvalue weighted by Gasteiger charge is -2.35. The number of nitrogens with zero attached hydrogens (tertiary/aromatic N) is 5. The molecule has 158 valence electrons. The van der Waals surface area contributed by atoms with Crippen LogP contribution in [0.2, 0.25) is 0 Å². The van der Waals surface area contributed by atoms with Gasteiger partial charge in [0.15, 0.2) is 5.16 Å². The third-order valence-corrected chi connectivity index (χ3v) is 5.93. The number of ether oxygens (including phenoxy) is 2. The van der Waals surface area contributed by atoms with E-state index < -0.39 is 0 Å². The minimum absolute atomic E-state index is 0.0585. The number of rotatable bonds is 6. The fourth-order valence-electron chi connectivity index (χ4n) is 3.68. The van der Waals surface area contributed by atoms with Crippen LogP contribution in [0.15, 0.2) is 28.0 Å². The Bertz CT molecular complexity index is 796. The molecule has 2 aromatic heterocycles. The first-order valence-corrected chi connectivity index (χ1v) is 10.9. The van der Waals surface area contributed by atoms with Crippen LogP contribution in [0.25, 0.3) is 0 Å². The molecule has 4 rings (SSSR count). The summed E-state index contributed by atoms with van der Waals surface area (Å²) < 4.78 is 18.7. The highest BCUT2D eigenvalue weighted by atomic mass is 32.2. The van der Waals surface area contributed by atoms with E-state index in [2.05, 4.69) is 15.1 Å². The summed E-state index contributed by atoms with van der Waals surface area (Å²) >= 11 is 1.42. The number of carbonyl (C=O) groups is 1. The van der Waals surface area contributed by atoms with E-state index in [-0.39, 0.29) is 18.1 Å². The van der Waals surface area contributed by atoms with Gasteiger partial charge in [0, 0.05) is 26.2 Å². The predicted molar refractivity (Wildman–Crippen MR) is 108 cm³/mol. The topological polar surface area (TPSA) is 85.9 Å². The smallest absolute Gasteiger partial charge is 0.233 e. The Kier molecular flexibility index (Phi) is 6.41. The molecule has 0 spiro atoms. The molecule has 0 aliphatic carbocycles. The van der Waals surface area contributed by atoms with Crippen molar-refractivity contribution < 1.29 is 18.7 Å². The van der Waals surface area contributed by atoms with Crippen molar-refractivity contribution in [1.29, 1.82) is 0 Å². The fraction of sp³-hybridized carbons (Fsp3) is 0.632. The van der Waals surface area contributed by atoms with E-state index in [1.807, 2.05) is 35.4 Å². The standard InChI is InChI=1S/C19H27N5O4S/c1-14-10-23(11-15(2)28-14)17(25)13-29-19-21-20-18(22-5-8-26-9-6-22)24(19)12-16-4-3-7-27-16/h3-4,7,14-15H,5-6,8-13H2,1-2H3. The molecule has 2 aliphatic rings. The van der Waals surface area contributed by atoms with E-state index in [1.165, 1.54) is 11.8 Å². The number of hydrogen-bond acceptors (Lipinski definition) is 8. The predicted octanol–water partition coefficient (Wildman–Crippen LogP) is 1.48. The van der Waals surface area contributed by atoms with Gasteiger partial charge >= 0.3 is 0 Å². The summed E-state index contributed by atoms with van der Waals surface area (Å²) in [5, 5.41) is 9.50. The minimum atomic E-state index is 0.0585. The first-order valence-electron chi connectivity index (χ1n) is 9.94. The van der Waals surface area contributed by atoms with Crippen molar-refractivity contribution >= 4 is 23.6 Å². The molecule has 2 fully saturated rings. The fourth-order valence-corrected chi connectivity index (χ4v) is 4.52. The van der Waals surface area contributed by atoms with Gasteiger partial charge < -0.3 is 23.7 Å². The Morgan fingerprint density at radius 1 is 1.21 bits per heavy atom. The van der Waals surface area contributed by atoms with Crippen LogP contribution in [0.1, 0.15) is 19.6 Å². The largest absolute Gasteiger partial charge is 0.467 e. The summed E-state index contributed by atoms with van der Waals surface area (Å²) in [5.74, 6) is 2.02. The molecule has 0 aromatic carbocycles. The Morgan fingerprint density at radius 3 is 2.66 bits per heavy atom. The van der Waals surface area contributed by atoms with Crippen molar-refractivity contribution in [2.75, 3.05) is 50.0 Å². The van der Waals surface area contributed by atoms with Gasteiger partial charge in [0.25, 0.3) is 0 Å². The van der Waals surface area contributed by atoms with Gasteiger partial charge in [-0.2, -0.15) is 0 Å². The monoisotopic (exact) mass is 421 g/mol. The van der Waals surface area contributed by atoms with E-state index in [4.69, 9.17) is 13.9 Å². The van der Waals surface area contributed by atoms with E-state index in [9.17, 15) is 4.79 Å². The average Bonchev–Trinajstić information content (AvgIpc) is 3.36. The van der Waals surface area contributed by atoms with Gasteiger partial charge in [0.1, 0.15) is 5.76 Å². The molecule has 2 atom stereocenters. The summed E-state index contributed by atoms with van der Waals surface area (Å²) in [6.45, 7) is 8.64. The Balaban J connectivity index is 1.47. The van der Waals surface area contributed by atoms with Crippen LogP contribution >= 0.6 is 11.8 Å². The summed E-state index contributed by atoms with van der Waals surface area (Å²) in [6, 6.07) is 3.80. The maximum atomic E-state index is 12.7. The van der Waals surface area contributed by atoms with Crippen LogP contribution in [-0.4, -0.2) is 82.9 Å². The van der Waals surface area contributed by atoms with Gasteiger partial charge in [-0.25, -0.2) is 0 Å². The van der Waals surface area contributed by atoms with Crippen LogP contribution in [0.3, 0.4) is 0 Å². The summed E-state index contributed by atoms with van der Waals surface area (Å²) in [7, 11) is 0. The Labute approximate surface area is 174 Å². The molecule has 0 bridgehead atoms. The first-order chi connectivity index (χ1) is 14.1. The Morgan fingerprint density at radius 2 is 1.97 bits per heavy atom. The number of hydrogen-bond donors (Lipinski definition) is 0. The second kappa shape index (κ2) is 9.19. The second-order valence-electron chi connectivity index (χ2n) is 7.39. The van der Waals surface area contributed by atoms with Crippen LogP contribution in [0.4, 0.5) is 5.95 Å². The molecule has 4 heterocycles. The van der Waals surface area contributed by atoms with Crippen LogP contribution in [0.5, 0.6) is 0 Å². The average molecular weight is 422 g/mol. The number of carbonyl (C=O) groups excluding carboxylic acids is 1. The number of amides is 1. The van der Waals surface area contributed by atoms with Gasteiger partial charge in [0.05, 0.1) is 44.0 Å². The summed E-state index contributed by atoms with van der Waals surface area (Å²) in [6.07, 6.45) is 1.78. The molecule has 0 saturated carbocycles. The van der Waals surface area contributed by atoms with Gasteiger partial charge in [-0.05, 0) is 26.0 Å². The van der Waals surface area contributed by atoms with Crippen molar-refractivity contribution in [1.82, 2.24) is 19.7 Å². The molecular formula is C19H27N5O4S. The van der Waals surface area contributed by atoms with E-state index in [1.54, 1.807) is 6.26 Å². The molecule has 9 nitrogen and oxygen atoms in total. The van der Waals surface area contributed by atoms with Gasteiger partial charge in [-0.15, -0.1) is 10.2 Å². The van der Waals surface area contributed by atoms with Crippen molar-refractivity contribution in [2.24, 2.45) is 0 Å². The molecule has 0 radical (unpaired) electrons. The highest BCUT2D eigenvalue weighted by molar-refractivity contribution is 7.99. The number of anilines is 1. The van der Waals surface area contributed by atoms with E-state index in [0.29, 0.717) is 43.8 Å². The van der Waals surface area contributed by atoms with Crippen molar-refractivity contribution in [3.8, 4) is 0 Å². The molecule has 2 unspecified atom stereocenters. The second-order valence-corrected chi connectivity index (χ2v) is 8.33. The summed E-state index contributed by atoms with van der Waals surface area (Å²) in [4.78, 5) is 16.8. The highest BCUT2D eigenvalue weighted by Crippen LogP contribution is 2.25. The van der Waals surface area contributed by atoms with Crippen molar-refractivity contribution in [2.45, 2.75) is 37.8 Å².